The van der Waals surface area contributed by atoms with Crippen molar-refractivity contribution >= 4 is 5.97 Å². The Morgan fingerprint density at radius 2 is 2.08 bits per heavy atom. The molecule has 0 fully saturated rings. The van der Waals surface area contributed by atoms with Crippen LogP contribution in [0.4, 0.5) is 0 Å². The summed E-state index contributed by atoms with van der Waals surface area (Å²) in [5.74, 6) is -0.404. The molecule has 12 heavy (non-hydrogen) atoms. The number of unbranched alkanes of at least 4 members (excludes halogenated alkanes) is 2. The molecule has 1 atom stereocenters. The van der Waals surface area contributed by atoms with Gasteiger partial charge in [0.2, 0.25) is 0 Å². The molecule has 1 radical (unpaired) electrons. The van der Waals surface area contributed by atoms with Gasteiger partial charge in [-0.1, -0.05) is 26.7 Å². The van der Waals surface area contributed by atoms with Gasteiger partial charge < -0.3 is 4.74 Å². The number of carbonyl (C=O) groups excluding carboxylic acids is 1. The summed E-state index contributed by atoms with van der Waals surface area (Å²) in [6.07, 6.45) is 5.51. The van der Waals surface area contributed by atoms with Gasteiger partial charge in [-0.05, 0) is 19.3 Å². The lowest BCUT2D eigenvalue weighted by Crippen LogP contribution is -2.15. The second-order valence-corrected chi connectivity index (χ2v) is 3.02. The predicted octanol–water partition coefficient (Wildman–Crippen LogP) is 2.72. The average molecular weight is 171 g/mol. The van der Waals surface area contributed by atoms with Crippen molar-refractivity contribution in [3.8, 4) is 0 Å². The van der Waals surface area contributed by atoms with Crippen LogP contribution >= 0.6 is 0 Å². The van der Waals surface area contributed by atoms with Crippen molar-refractivity contribution < 1.29 is 9.53 Å². The molecule has 0 rings (SSSR count). The standard InChI is InChI=1S/C10H19O2/c1-4-6-7-8-10(5-2)12-9(3)11/h10H,3-8H2,1-2H3. The highest BCUT2D eigenvalue weighted by Crippen LogP contribution is 2.09. The zero-order chi connectivity index (χ0) is 9.40. The van der Waals surface area contributed by atoms with Gasteiger partial charge >= 0.3 is 5.97 Å². The maximum atomic E-state index is 10.5. The van der Waals surface area contributed by atoms with E-state index in [0.29, 0.717) is 0 Å². The first-order valence-electron chi connectivity index (χ1n) is 4.73. The minimum atomic E-state index is -0.404. The van der Waals surface area contributed by atoms with Crippen molar-refractivity contribution in [2.75, 3.05) is 0 Å². The largest absolute Gasteiger partial charge is 0.462 e. The highest BCUT2D eigenvalue weighted by atomic mass is 16.5. The van der Waals surface area contributed by atoms with Crippen molar-refractivity contribution in [1.29, 1.82) is 0 Å². The van der Waals surface area contributed by atoms with E-state index in [2.05, 4.69) is 13.8 Å². The Bertz CT molecular complexity index is 121. The highest BCUT2D eigenvalue weighted by molar-refractivity contribution is 5.73. The summed E-state index contributed by atoms with van der Waals surface area (Å²) in [4.78, 5) is 10.5. The lowest BCUT2D eigenvalue weighted by Gasteiger charge is -2.14. The minimum Gasteiger partial charge on any atom is -0.462 e. The Morgan fingerprint density at radius 3 is 2.50 bits per heavy atom. The van der Waals surface area contributed by atoms with E-state index in [9.17, 15) is 4.79 Å². The molecule has 0 saturated carbocycles. The first-order valence-corrected chi connectivity index (χ1v) is 4.73. The summed E-state index contributed by atoms with van der Waals surface area (Å²) in [7, 11) is 0. The van der Waals surface area contributed by atoms with Crippen LogP contribution in [0.25, 0.3) is 0 Å². The normalized spacial score (nSPS) is 12.6. The van der Waals surface area contributed by atoms with E-state index >= 15 is 0 Å². The van der Waals surface area contributed by atoms with Crippen LogP contribution in [0.15, 0.2) is 0 Å². The first kappa shape index (κ1) is 11.5. The zero-order valence-electron chi connectivity index (χ0n) is 8.14. The van der Waals surface area contributed by atoms with Crippen LogP contribution in [-0.4, -0.2) is 12.1 Å². The van der Waals surface area contributed by atoms with Gasteiger partial charge in [-0.25, -0.2) is 0 Å². The molecule has 0 amide bonds. The average Bonchev–Trinajstić information content (AvgIpc) is 2.02. The molecule has 1 unspecified atom stereocenters. The summed E-state index contributed by atoms with van der Waals surface area (Å²) < 4.78 is 5.00. The third-order valence-electron chi connectivity index (χ3n) is 1.88. The van der Waals surface area contributed by atoms with Gasteiger partial charge in [0.1, 0.15) is 6.10 Å². The molecule has 2 nitrogen and oxygen atoms in total. The van der Waals surface area contributed by atoms with Crippen molar-refractivity contribution in [2.24, 2.45) is 0 Å². The maximum absolute atomic E-state index is 10.5. The van der Waals surface area contributed by atoms with Gasteiger partial charge in [0, 0.05) is 0 Å². The molecule has 0 aliphatic carbocycles. The fraction of sp³-hybridized carbons (Fsp3) is 0.800. The van der Waals surface area contributed by atoms with Gasteiger partial charge in [-0.15, -0.1) is 0 Å². The fourth-order valence-corrected chi connectivity index (χ4v) is 1.15. The molecule has 0 aromatic carbocycles. The van der Waals surface area contributed by atoms with Crippen LogP contribution in [0.1, 0.15) is 46.0 Å². The number of hydrogen-bond donors (Lipinski definition) is 0. The molecule has 2 heteroatoms. The Hall–Kier alpha value is -0.530. The van der Waals surface area contributed by atoms with Gasteiger partial charge in [0.05, 0.1) is 6.92 Å². The van der Waals surface area contributed by atoms with E-state index in [4.69, 9.17) is 4.74 Å². The molecular formula is C10H19O2. The Morgan fingerprint density at radius 1 is 1.42 bits per heavy atom. The van der Waals surface area contributed by atoms with E-state index in [1.807, 2.05) is 6.92 Å². The Kier molecular flexibility index (Phi) is 6.82. The van der Waals surface area contributed by atoms with Gasteiger partial charge in [0.25, 0.3) is 0 Å². The zero-order valence-corrected chi connectivity index (χ0v) is 8.14. The number of ether oxygens (including phenoxy) is 1. The topological polar surface area (TPSA) is 26.3 Å². The summed E-state index contributed by atoms with van der Waals surface area (Å²) in [6.45, 7) is 7.38. The molecular weight excluding hydrogens is 152 g/mol. The Labute approximate surface area is 75.3 Å². The number of carbonyl (C=O) groups is 1. The molecule has 0 saturated heterocycles. The van der Waals surface area contributed by atoms with Crippen molar-refractivity contribution in [2.45, 2.75) is 52.1 Å². The smallest absolute Gasteiger partial charge is 0.306 e. The summed E-state index contributed by atoms with van der Waals surface area (Å²) in [6, 6.07) is 0. The molecule has 0 heterocycles. The third kappa shape index (κ3) is 6.20. The molecule has 0 N–H and O–H groups in total. The van der Waals surface area contributed by atoms with Crippen LogP contribution < -0.4 is 0 Å². The van der Waals surface area contributed by atoms with Crippen molar-refractivity contribution in [3.63, 3.8) is 0 Å². The summed E-state index contributed by atoms with van der Waals surface area (Å²) >= 11 is 0. The molecule has 0 aromatic rings. The minimum absolute atomic E-state index is 0.0848. The lowest BCUT2D eigenvalue weighted by molar-refractivity contribution is -0.143. The van der Waals surface area contributed by atoms with Crippen LogP contribution in [0, 0.1) is 6.92 Å². The van der Waals surface area contributed by atoms with E-state index in [0.717, 1.165) is 19.3 Å². The third-order valence-corrected chi connectivity index (χ3v) is 1.88. The highest BCUT2D eigenvalue weighted by Gasteiger charge is 2.07. The van der Waals surface area contributed by atoms with Crippen molar-refractivity contribution in [1.82, 2.24) is 0 Å². The number of esters is 1. The second kappa shape index (κ2) is 7.14. The molecule has 0 bridgehead atoms. The van der Waals surface area contributed by atoms with Crippen LogP contribution in [0.5, 0.6) is 0 Å². The number of rotatable bonds is 6. The van der Waals surface area contributed by atoms with Gasteiger partial charge in [0.15, 0.2) is 0 Å². The molecule has 0 spiro atoms. The van der Waals surface area contributed by atoms with E-state index < -0.39 is 5.97 Å². The van der Waals surface area contributed by atoms with Gasteiger partial charge in [-0.3, -0.25) is 4.79 Å². The van der Waals surface area contributed by atoms with Crippen LogP contribution in [0.3, 0.4) is 0 Å². The van der Waals surface area contributed by atoms with E-state index in [1.165, 1.54) is 12.8 Å². The fourth-order valence-electron chi connectivity index (χ4n) is 1.15. The quantitative estimate of drug-likeness (QED) is 0.453. The molecule has 0 aliphatic heterocycles. The summed E-state index contributed by atoms with van der Waals surface area (Å²) in [5.41, 5.74) is 0. The van der Waals surface area contributed by atoms with Crippen LogP contribution in [-0.2, 0) is 9.53 Å². The predicted molar refractivity (Wildman–Crippen MR) is 49.7 cm³/mol. The summed E-state index contributed by atoms with van der Waals surface area (Å²) in [5, 5.41) is 0. The lowest BCUT2D eigenvalue weighted by atomic mass is 10.1. The monoisotopic (exact) mass is 171 g/mol. The maximum Gasteiger partial charge on any atom is 0.306 e. The van der Waals surface area contributed by atoms with Crippen molar-refractivity contribution in [3.05, 3.63) is 6.92 Å². The molecule has 71 valence electrons. The van der Waals surface area contributed by atoms with E-state index in [1.54, 1.807) is 0 Å². The molecule has 0 aliphatic rings. The SMILES string of the molecule is [CH2]C(=O)OC(CC)CCCCC. The molecule has 0 aromatic heterocycles. The second-order valence-electron chi connectivity index (χ2n) is 3.02. The first-order chi connectivity index (χ1) is 5.70. The van der Waals surface area contributed by atoms with Crippen LogP contribution in [0.2, 0.25) is 0 Å². The van der Waals surface area contributed by atoms with Gasteiger partial charge in [-0.2, -0.15) is 0 Å². The number of hydrogen-bond acceptors (Lipinski definition) is 2. The van der Waals surface area contributed by atoms with E-state index in [-0.39, 0.29) is 6.10 Å². The Balaban J connectivity index is 3.46.